The molecule has 0 heterocycles. The number of aromatic hydroxyl groups is 2. The molecule has 0 amide bonds. The summed E-state index contributed by atoms with van der Waals surface area (Å²) in [4.78, 5) is 10.9. The molecule has 0 aliphatic carbocycles. The highest BCUT2D eigenvalue weighted by atomic mass is 16.5. The fourth-order valence-electron chi connectivity index (χ4n) is 1.24. The fourth-order valence-corrected chi connectivity index (χ4v) is 1.24. The lowest BCUT2D eigenvalue weighted by Gasteiger charge is -2.08. The van der Waals surface area contributed by atoms with Crippen molar-refractivity contribution in [3.63, 3.8) is 0 Å². The van der Waals surface area contributed by atoms with Gasteiger partial charge in [0.1, 0.15) is 0 Å². The number of methoxy groups -OCH3 is 1. The van der Waals surface area contributed by atoms with Gasteiger partial charge in [0.15, 0.2) is 11.5 Å². The van der Waals surface area contributed by atoms with E-state index in [2.05, 4.69) is 4.74 Å². The molecule has 5 nitrogen and oxygen atoms in total. The maximum absolute atomic E-state index is 10.9. The summed E-state index contributed by atoms with van der Waals surface area (Å²) >= 11 is 0. The highest BCUT2D eigenvalue weighted by Crippen LogP contribution is 2.37. The van der Waals surface area contributed by atoms with Gasteiger partial charge in [-0.25, -0.2) is 4.79 Å². The fraction of sp³-hybridized carbons (Fsp3) is 0.250. The molecule has 1 aromatic carbocycles. The van der Waals surface area contributed by atoms with Crippen LogP contribution in [0.25, 0.3) is 6.08 Å². The standard InChI is InChI=1S/C12H14O5/c1-3-17-12-9(13)6-8(7-10(12)14)4-5-11(15)16-2/h4-7,13-14H,3H2,1-2H3/b5-4+. The Morgan fingerprint density at radius 1 is 1.35 bits per heavy atom. The summed E-state index contributed by atoms with van der Waals surface area (Å²) in [7, 11) is 1.26. The predicted octanol–water partition coefficient (Wildman–Crippen LogP) is 1.68. The summed E-state index contributed by atoms with van der Waals surface area (Å²) in [5, 5.41) is 19.2. The van der Waals surface area contributed by atoms with E-state index in [0.29, 0.717) is 12.2 Å². The zero-order valence-corrected chi connectivity index (χ0v) is 9.64. The van der Waals surface area contributed by atoms with E-state index >= 15 is 0 Å². The van der Waals surface area contributed by atoms with Crippen LogP contribution in [0.15, 0.2) is 18.2 Å². The Morgan fingerprint density at radius 3 is 2.41 bits per heavy atom. The number of hydrogen-bond donors (Lipinski definition) is 2. The summed E-state index contributed by atoms with van der Waals surface area (Å²) in [6, 6.07) is 2.76. The van der Waals surface area contributed by atoms with Crippen molar-refractivity contribution >= 4 is 12.0 Å². The van der Waals surface area contributed by atoms with Crippen molar-refractivity contribution < 1.29 is 24.5 Å². The Bertz CT molecular complexity index is 414. The van der Waals surface area contributed by atoms with Crippen molar-refractivity contribution in [3.05, 3.63) is 23.8 Å². The molecule has 0 bridgehead atoms. The molecule has 0 saturated heterocycles. The van der Waals surface area contributed by atoms with Crippen molar-refractivity contribution in [2.45, 2.75) is 6.92 Å². The van der Waals surface area contributed by atoms with Crippen LogP contribution in [0.2, 0.25) is 0 Å². The summed E-state index contributed by atoms with van der Waals surface area (Å²) < 4.78 is 9.47. The molecule has 0 aliphatic rings. The smallest absolute Gasteiger partial charge is 0.330 e. The predicted molar refractivity (Wildman–Crippen MR) is 62.0 cm³/mol. The van der Waals surface area contributed by atoms with E-state index in [1.165, 1.54) is 31.4 Å². The molecular formula is C12H14O5. The minimum atomic E-state index is -0.516. The lowest BCUT2D eigenvalue weighted by Crippen LogP contribution is -1.94. The van der Waals surface area contributed by atoms with Gasteiger partial charge in [0.2, 0.25) is 5.75 Å². The second-order valence-corrected chi connectivity index (χ2v) is 3.18. The average molecular weight is 238 g/mol. The van der Waals surface area contributed by atoms with Gasteiger partial charge in [-0.05, 0) is 30.7 Å². The Kier molecular flexibility index (Phi) is 4.39. The second-order valence-electron chi connectivity index (χ2n) is 3.18. The van der Waals surface area contributed by atoms with E-state index < -0.39 is 5.97 Å². The van der Waals surface area contributed by atoms with Crippen LogP contribution >= 0.6 is 0 Å². The Labute approximate surface area is 98.9 Å². The third-order valence-corrected chi connectivity index (χ3v) is 1.97. The molecular weight excluding hydrogens is 224 g/mol. The minimum Gasteiger partial charge on any atom is -0.504 e. The monoisotopic (exact) mass is 238 g/mol. The molecule has 1 aromatic rings. The van der Waals surface area contributed by atoms with Crippen LogP contribution in [0.5, 0.6) is 17.2 Å². The number of benzene rings is 1. The molecule has 0 saturated carbocycles. The third-order valence-electron chi connectivity index (χ3n) is 1.97. The van der Waals surface area contributed by atoms with Crippen LogP contribution in [0.4, 0.5) is 0 Å². The highest BCUT2D eigenvalue weighted by molar-refractivity contribution is 5.87. The van der Waals surface area contributed by atoms with Crippen LogP contribution in [-0.2, 0) is 9.53 Å². The summed E-state index contributed by atoms with van der Waals surface area (Å²) in [5.74, 6) is -0.853. The van der Waals surface area contributed by atoms with E-state index in [9.17, 15) is 15.0 Å². The zero-order valence-electron chi connectivity index (χ0n) is 9.64. The van der Waals surface area contributed by atoms with E-state index in [-0.39, 0.29) is 17.2 Å². The number of carbonyl (C=O) groups excluding carboxylic acids is 1. The Hall–Kier alpha value is -2.17. The minimum absolute atomic E-state index is 0.0303. The first-order chi connectivity index (χ1) is 8.08. The van der Waals surface area contributed by atoms with E-state index in [0.717, 1.165) is 0 Å². The third kappa shape index (κ3) is 3.41. The summed E-state index contributed by atoms with van der Waals surface area (Å²) in [6.45, 7) is 2.07. The van der Waals surface area contributed by atoms with Gasteiger partial charge >= 0.3 is 5.97 Å². The van der Waals surface area contributed by atoms with Gasteiger partial charge < -0.3 is 19.7 Å². The first-order valence-corrected chi connectivity index (χ1v) is 5.03. The molecule has 0 radical (unpaired) electrons. The van der Waals surface area contributed by atoms with Gasteiger partial charge in [-0.1, -0.05) is 0 Å². The quantitative estimate of drug-likeness (QED) is 0.616. The van der Waals surface area contributed by atoms with Crippen LogP contribution in [0.1, 0.15) is 12.5 Å². The summed E-state index contributed by atoms with van der Waals surface area (Å²) in [6.07, 6.45) is 2.61. The average Bonchev–Trinajstić information content (AvgIpc) is 2.30. The van der Waals surface area contributed by atoms with Gasteiger partial charge in [-0.15, -0.1) is 0 Å². The topological polar surface area (TPSA) is 76.0 Å². The first-order valence-electron chi connectivity index (χ1n) is 5.03. The molecule has 0 unspecified atom stereocenters. The van der Waals surface area contributed by atoms with Gasteiger partial charge in [0.25, 0.3) is 0 Å². The number of ether oxygens (including phenoxy) is 2. The zero-order chi connectivity index (χ0) is 12.8. The van der Waals surface area contributed by atoms with Gasteiger partial charge in [-0.3, -0.25) is 0 Å². The van der Waals surface area contributed by atoms with E-state index in [4.69, 9.17) is 4.74 Å². The Balaban J connectivity index is 2.98. The van der Waals surface area contributed by atoms with Crippen molar-refractivity contribution in [1.82, 2.24) is 0 Å². The number of esters is 1. The maximum atomic E-state index is 10.9. The van der Waals surface area contributed by atoms with Crippen molar-refractivity contribution in [2.24, 2.45) is 0 Å². The lowest BCUT2D eigenvalue weighted by atomic mass is 10.1. The molecule has 1 rings (SSSR count). The molecule has 92 valence electrons. The molecule has 0 spiro atoms. The molecule has 0 fully saturated rings. The molecule has 17 heavy (non-hydrogen) atoms. The molecule has 2 N–H and O–H groups in total. The second kappa shape index (κ2) is 5.79. The number of rotatable bonds is 4. The summed E-state index contributed by atoms with van der Waals surface area (Å²) in [5.41, 5.74) is 0.467. The molecule has 0 atom stereocenters. The van der Waals surface area contributed by atoms with Crippen molar-refractivity contribution in [2.75, 3.05) is 13.7 Å². The van der Waals surface area contributed by atoms with E-state index in [1.54, 1.807) is 6.92 Å². The molecule has 5 heteroatoms. The van der Waals surface area contributed by atoms with Crippen LogP contribution < -0.4 is 4.74 Å². The number of phenolic OH excluding ortho intramolecular Hbond substituents is 2. The van der Waals surface area contributed by atoms with Gasteiger partial charge in [-0.2, -0.15) is 0 Å². The lowest BCUT2D eigenvalue weighted by molar-refractivity contribution is -0.134. The largest absolute Gasteiger partial charge is 0.504 e. The highest BCUT2D eigenvalue weighted by Gasteiger charge is 2.09. The van der Waals surface area contributed by atoms with Gasteiger partial charge in [0, 0.05) is 6.08 Å². The van der Waals surface area contributed by atoms with Crippen LogP contribution in [-0.4, -0.2) is 29.9 Å². The number of hydrogen-bond acceptors (Lipinski definition) is 5. The Morgan fingerprint density at radius 2 is 1.94 bits per heavy atom. The van der Waals surface area contributed by atoms with Crippen molar-refractivity contribution in [3.8, 4) is 17.2 Å². The SMILES string of the molecule is CCOc1c(O)cc(/C=C/C(=O)OC)cc1O. The van der Waals surface area contributed by atoms with Crippen molar-refractivity contribution in [1.29, 1.82) is 0 Å². The number of phenols is 2. The normalized spacial score (nSPS) is 10.5. The van der Waals surface area contributed by atoms with E-state index in [1.807, 2.05) is 0 Å². The number of carbonyl (C=O) groups is 1. The van der Waals surface area contributed by atoms with Gasteiger partial charge in [0.05, 0.1) is 13.7 Å². The van der Waals surface area contributed by atoms with Crippen LogP contribution in [0, 0.1) is 0 Å². The maximum Gasteiger partial charge on any atom is 0.330 e. The molecule has 0 aromatic heterocycles. The van der Waals surface area contributed by atoms with Crippen LogP contribution in [0.3, 0.4) is 0 Å². The first kappa shape index (κ1) is 12.9. The molecule has 0 aliphatic heterocycles.